The van der Waals surface area contributed by atoms with Gasteiger partial charge in [0.1, 0.15) is 11.7 Å². The second-order valence-corrected chi connectivity index (χ2v) is 9.64. The van der Waals surface area contributed by atoms with E-state index in [9.17, 15) is 28.1 Å². The number of urea groups is 1. The average Bonchev–Trinajstić information content (AvgIpc) is 2.89. The number of aliphatic imine (C=N–C) groups is 1. The predicted octanol–water partition coefficient (Wildman–Crippen LogP) is 4.39. The highest BCUT2D eigenvalue weighted by Crippen LogP contribution is 2.38. The maximum absolute atomic E-state index is 13.3. The van der Waals surface area contributed by atoms with Gasteiger partial charge in [-0.15, -0.1) is 0 Å². The summed E-state index contributed by atoms with van der Waals surface area (Å²) in [4.78, 5) is 30.6. The number of hydrogen-bond donors (Lipinski definition) is 2. The molecule has 2 amide bonds. The monoisotopic (exact) mass is 538 g/mol. The Bertz CT molecular complexity index is 1080. The van der Waals surface area contributed by atoms with Crippen LogP contribution in [0.1, 0.15) is 44.6 Å². The summed E-state index contributed by atoms with van der Waals surface area (Å²) in [7, 11) is 0. The first-order valence-electron chi connectivity index (χ1n) is 13.0. The molecule has 0 atom stereocenters. The standard InChI is InChI=1S/C25H33F3N6O4/c1-2-29-24(35)33-13-11-32(12-14-33)19-9-10-30-23(16-19)38-20-6-3-17(4-7-20)31-18-5-8-22(34(36)37)21(15-18)25(26,27)28/h5,8,15-17,20,31H,2-4,6-7,9-14H2,1H3,(H,29,35). The maximum Gasteiger partial charge on any atom is 0.423 e. The fraction of sp³-hybridized carbons (Fsp3) is 0.600. The minimum atomic E-state index is -4.81. The van der Waals surface area contributed by atoms with Crippen molar-refractivity contribution in [2.24, 2.45) is 4.99 Å². The molecule has 2 fully saturated rings. The fourth-order valence-electron chi connectivity index (χ4n) is 5.07. The van der Waals surface area contributed by atoms with E-state index in [0.717, 1.165) is 37.3 Å². The molecule has 0 bridgehead atoms. The summed E-state index contributed by atoms with van der Waals surface area (Å²) in [5, 5.41) is 16.9. The van der Waals surface area contributed by atoms with Gasteiger partial charge in [-0.3, -0.25) is 15.1 Å². The number of dihydropyridines is 1. The number of benzene rings is 1. The number of piperazine rings is 1. The molecule has 0 aromatic heterocycles. The van der Waals surface area contributed by atoms with Crippen molar-refractivity contribution in [1.82, 2.24) is 15.1 Å². The van der Waals surface area contributed by atoms with Gasteiger partial charge in [-0.2, -0.15) is 13.2 Å². The number of carbonyl (C=O) groups excluding carboxylic acids is 1. The number of amides is 2. The summed E-state index contributed by atoms with van der Waals surface area (Å²) in [6.07, 6.45) is 0.748. The molecule has 2 heterocycles. The highest BCUT2D eigenvalue weighted by atomic mass is 19.4. The van der Waals surface area contributed by atoms with Gasteiger partial charge in [-0.1, -0.05) is 0 Å². The summed E-state index contributed by atoms with van der Waals surface area (Å²) >= 11 is 0. The molecule has 1 saturated carbocycles. The highest BCUT2D eigenvalue weighted by Gasteiger charge is 2.38. The SMILES string of the molecule is CCNC(=O)N1CCN(C2=CC(OC3CCC(Nc4ccc([N+](=O)[O-])c(C(F)(F)F)c4)CC3)=NCC2)CC1. The van der Waals surface area contributed by atoms with Gasteiger partial charge in [-0.25, -0.2) is 4.79 Å². The first-order chi connectivity index (χ1) is 18.1. The molecule has 0 spiro atoms. The van der Waals surface area contributed by atoms with Crippen molar-refractivity contribution in [3.63, 3.8) is 0 Å². The lowest BCUT2D eigenvalue weighted by Gasteiger charge is -2.38. The van der Waals surface area contributed by atoms with Gasteiger partial charge in [0.05, 0.1) is 4.92 Å². The smallest absolute Gasteiger partial charge is 0.423 e. The lowest BCUT2D eigenvalue weighted by molar-refractivity contribution is -0.388. The number of nitro groups is 1. The van der Waals surface area contributed by atoms with Gasteiger partial charge in [0.15, 0.2) is 0 Å². The van der Waals surface area contributed by atoms with Crippen LogP contribution < -0.4 is 10.6 Å². The van der Waals surface area contributed by atoms with Crippen LogP contribution in [0, 0.1) is 10.1 Å². The minimum absolute atomic E-state index is 0.0326. The van der Waals surface area contributed by atoms with Crippen molar-refractivity contribution in [2.75, 3.05) is 44.6 Å². The van der Waals surface area contributed by atoms with Crippen molar-refractivity contribution < 1.29 is 27.6 Å². The zero-order valence-electron chi connectivity index (χ0n) is 21.3. The quantitative estimate of drug-likeness (QED) is 0.411. The zero-order chi connectivity index (χ0) is 27.3. The van der Waals surface area contributed by atoms with E-state index in [4.69, 9.17) is 4.74 Å². The first-order valence-corrected chi connectivity index (χ1v) is 13.0. The first kappa shape index (κ1) is 27.5. The molecule has 3 aliphatic rings. The Morgan fingerprint density at radius 2 is 1.89 bits per heavy atom. The van der Waals surface area contributed by atoms with Crippen LogP contribution in [0.15, 0.2) is 35.0 Å². The number of halogens is 3. The number of hydrogen-bond acceptors (Lipinski definition) is 7. The Morgan fingerprint density at radius 1 is 1.18 bits per heavy atom. The molecule has 1 saturated heterocycles. The number of ether oxygens (including phenoxy) is 1. The summed E-state index contributed by atoms with van der Waals surface area (Å²) in [5.74, 6) is 0.596. The summed E-state index contributed by atoms with van der Waals surface area (Å²) in [6, 6.07) is 2.92. The third-order valence-corrected chi connectivity index (χ3v) is 7.06. The van der Waals surface area contributed by atoms with Gasteiger partial charge in [0.2, 0.25) is 5.90 Å². The third kappa shape index (κ3) is 6.87. The molecule has 2 aliphatic heterocycles. The minimum Gasteiger partial charge on any atom is -0.475 e. The molecule has 38 heavy (non-hydrogen) atoms. The number of nitrogens with zero attached hydrogens (tertiary/aromatic N) is 4. The molecular weight excluding hydrogens is 505 g/mol. The molecule has 1 aliphatic carbocycles. The second kappa shape index (κ2) is 11.9. The van der Waals surface area contributed by atoms with Crippen molar-refractivity contribution in [3.05, 3.63) is 45.6 Å². The van der Waals surface area contributed by atoms with E-state index in [-0.39, 0.29) is 23.9 Å². The van der Waals surface area contributed by atoms with E-state index in [1.165, 1.54) is 6.07 Å². The number of nitro benzene ring substituents is 1. The molecule has 0 unspecified atom stereocenters. The number of alkyl halides is 3. The van der Waals surface area contributed by atoms with Crippen molar-refractivity contribution >= 4 is 23.3 Å². The Balaban J connectivity index is 1.27. The fourth-order valence-corrected chi connectivity index (χ4v) is 5.07. The van der Waals surface area contributed by atoms with Crippen molar-refractivity contribution in [2.45, 2.75) is 57.3 Å². The highest BCUT2D eigenvalue weighted by molar-refractivity contribution is 5.89. The van der Waals surface area contributed by atoms with Crippen LogP contribution in [0.3, 0.4) is 0 Å². The van der Waals surface area contributed by atoms with Crippen LogP contribution in [-0.2, 0) is 10.9 Å². The molecule has 0 radical (unpaired) electrons. The lowest BCUT2D eigenvalue weighted by atomic mass is 9.92. The van der Waals surface area contributed by atoms with Crippen LogP contribution in [0.4, 0.5) is 29.3 Å². The maximum atomic E-state index is 13.3. The lowest BCUT2D eigenvalue weighted by Crippen LogP contribution is -2.51. The van der Waals surface area contributed by atoms with E-state index in [0.29, 0.717) is 57.8 Å². The van der Waals surface area contributed by atoms with Gasteiger partial charge in [-0.05, 0) is 44.7 Å². The molecule has 208 valence electrons. The van der Waals surface area contributed by atoms with Crippen LogP contribution >= 0.6 is 0 Å². The third-order valence-electron chi connectivity index (χ3n) is 7.06. The summed E-state index contributed by atoms with van der Waals surface area (Å²) < 4.78 is 46.0. The Labute approximate surface area is 219 Å². The van der Waals surface area contributed by atoms with Gasteiger partial charge in [0.25, 0.3) is 5.69 Å². The largest absolute Gasteiger partial charge is 0.475 e. The van der Waals surface area contributed by atoms with Crippen molar-refractivity contribution in [1.29, 1.82) is 0 Å². The molecule has 4 rings (SSSR count). The van der Waals surface area contributed by atoms with E-state index in [1.807, 2.05) is 17.9 Å². The second-order valence-electron chi connectivity index (χ2n) is 9.64. The van der Waals surface area contributed by atoms with Gasteiger partial charge in [0, 0.05) is 75.3 Å². The van der Waals surface area contributed by atoms with Crippen LogP contribution in [0.2, 0.25) is 0 Å². The normalized spacial score (nSPS) is 22.3. The van der Waals surface area contributed by atoms with Gasteiger partial charge < -0.3 is 25.2 Å². The molecule has 13 heteroatoms. The van der Waals surface area contributed by atoms with Crippen LogP contribution in [0.25, 0.3) is 0 Å². The van der Waals surface area contributed by atoms with E-state index >= 15 is 0 Å². The topological polar surface area (TPSA) is 112 Å². The number of nitrogens with one attached hydrogen (secondary N) is 2. The molecule has 10 nitrogen and oxygen atoms in total. The van der Waals surface area contributed by atoms with Gasteiger partial charge >= 0.3 is 12.2 Å². The molecule has 2 N–H and O–H groups in total. The molecular formula is C25H33F3N6O4. The number of carbonyl (C=O) groups is 1. The molecule has 1 aromatic carbocycles. The van der Waals surface area contributed by atoms with E-state index in [2.05, 4.69) is 20.5 Å². The molecule has 1 aromatic rings. The van der Waals surface area contributed by atoms with Crippen molar-refractivity contribution in [3.8, 4) is 0 Å². The predicted molar refractivity (Wildman–Crippen MR) is 136 cm³/mol. The zero-order valence-corrected chi connectivity index (χ0v) is 21.3. The Hall–Kier alpha value is -3.51. The van der Waals surface area contributed by atoms with E-state index < -0.39 is 22.4 Å². The Kier molecular flexibility index (Phi) is 8.62. The Morgan fingerprint density at radius 3 is 2.53 bits per heavy atom. The van der Waals surface area contributed by atoms with Crippen LogP contribution in [-0.4, -0.2) is 78.1 Å². The van der Waals surface area contributed by atoms with Crippen LogP contribution in [0.5, 0.6) is 0 Å². The number of anilines is 1. The summed E-state index contributed by atoms with van der Waals surface area (Å²) in [5.41, 5.74) is -0.846. The van der Waals surface area contributed by atoms with E-state index in [1.54, 1.807) is 0 Å². The average molecular weight is 539 g/mol. The number of rotatable bonds is 6. The summed E-state index contributed by atoms with van der Waals surface area (Å²) in [6.45, 7) is 5.97.